The summed E-state index contributed by atoms with van der Waals surface area (Å²) in [5.41, 5.74) is 0. The third-order valence-corrected chi connectivity index (χ3v) is 3.23. The van der Waals surface area contributed by atoms with E-state index >= 15 is 0 Å². The Morgan fingerprint density at radius 3 is 1.21 bits per heavy atom. The van der Waals surface area contributed by atoms with E-state index < -0.39 is 0 Å². The zero-order chi connectivity index (χ0) is 14.8. The second-order valence-electron chi connectivity index (χ2n) is 5.06. The molecule has 114 valence electrons. The molecule has 0 rings (SSSR count). The van der Waals surface area contributed by atoms with Crippen LogP contribution in [0.25, 0.3) is 0 Å². The Balaban J connectivity index is 0. The highest BCUT2D eigenvalue weighted by atomic mass is 32.1. The van der Waals surface area contributed by atoms with E-state index in [9.17, 15) is 0 Å². The largest absolute Gasteiger partial charge is 0.303 e. The van der Waals surface area contributed by atoms with Crippen molar-refractivity contribution >= 4 is 12.6 Å². The maximum absolute atomic E-state index is 7.18. The molecule has 0 aromatic carbocycles. The van der Waals surface area contributed by atoms with Crippen LogP contribution in [0, 0.1) is 10.7 Å². The molecule has 0 saturated carbocycles. The molecular formula is C16H34N2S. The molecule has 0 fully saturated rings. The van der Waals surface area contributed by atoms with Gasteiger partial charge in [-0.2, -0.15) is 5.26 Å². The molecule has 2 nitrogen and oxygen atoms in total. The molecule has 3 heteroatoms. The summed E-state index contributed by atoms with van der Waals surface area (Å²) < 4.78 is 0. The first-order valence-corrected chi connectivity index (χ1v) is 8.46. The molecule has 0 radical (unpaired) electrons. The Morgan fingerprint density at radius 1 is 0.737 bits per heavy atom. The smallest absolute Gasteiger partial charge is 0.130 e. The van der Waals surface area contributed by atoms with Crippen LogP contribution in [0.1, 0.15) is 78.6 Å². The highest BCUT2D eigenvalue weighted by Gasteiger charge is 2.03. The van der Waals surface area contributed by atoms with Crippen LogP contribution in [0.3, 0.4) is 0 Å². The zero-order valence-corrected chi connectivity index (χ0v) is 14.2. The number of unbranched alkanes of at least 4 members (excludes halogenated alkanes) is 6. The first kappa shape index (κ1) is 21.1. The average Bonchev–Trinajstić information content (AvgIpc) is 2.40. The van der Waals surface area contributed by atoms with Gasteiger partial charge in [-0.3, -0.25) is 0 Å². The molecule has 0 atom stereocenters. The Labute approximate surface area is 127 Å². The van der Waals surface area contributed by atoms with Gasteiger partial charge in [0.05, 0.1) is 0 Å². The molecule has 0 amide bonds. The second kappa shape index (κ2) is 20.1. The van der Waals surface area contributed by atoms with E-state index in [1.165, 1.54) is 82.8 Å². The highest BCUT2D eigenvalue weighted by Crippen LogP contribution is 2.05. The van der Waals surface area contributed by atoms with Crippen LogP contribution < -0.4 is 0 Å². The van der Waals surface area contributed by atoms with Crippen molar-refractivity contribution in [2.24, 2.45) is 0 Å². The van der Waals surface area contributed by atoms with Gasteiger partial charge in [-0.15, -0.1) is 0 Å². The van der Waals surface area contributed by atoms with Gasteiger partial charge < -0.3 is 4.90 Å². The Hall–Kier alpha value is -0.200. The first-order valence-electron chi connectivity index (χ1n) is 8.02. The minimum Gasteiger partial charge on any atom is -0.303 e. The van der Waals surface area contributed by atoms with E-state index in [0.717, 1.165) is 0 Å². The van der Waals surface area contributed by atoms with Crippen LogP contribution in [0.4, 0.5) is 0 Å². The van der Waals surface area contributed by atoms with Crippen molar-refractivity contribution in [1.29, 1.82) is 5.26 Å². The van der Waals surface area contributed by atoms with Crippen molar-refractivity contribution < 1.29 is 0 Å². The number of hydrogen-bond donors (Lipinski definition) is 1. The quantitative estimate of drug-likeness (QED) is 0.301. The topological polar surface area (TPSA) is 27.0 Å². The summed E-state index contributed by atoms with van der Waals surface area (Å²) in [6, 6.07) is 0. The van der Waals surface area contributed by atoms with Gasteiger partial charge in [0.25, 0.3) is 0 Å². The van der Waals surface area contributed by atoms with Crippen LogP contribution in [0.15, 0.2) is 0 Å². The Kier molecular flexibility index (Phi) is 22.4. The lowest BCUT2D eigenvalue weighted by molar-refractivity contribution is 0.256. The van der Waals surface area contributed by atoms with Gasteiger partial charge >= 0.3 is 0 Å². The van der Waals surface area contributed by atoms with Crippen molar-refractivity contribution in [3.05, 3.63) is 0 Å². The molecule has 0 aliphatic heterocycles. The van der Waals surface area contributed by atoms with Crippen molar-refractivity contribution in [2.45, 2.75) is 78.6 Å². The zero-order valence-electron chi connectivity index (χ0n) is 13.3. The van der Waals surface area contributed by atoms with E-state index in [2.05, 4.69) is 38.3 Å². The van der Waals surface area contributed by atoms with Crippen LogP contribution in [-0.4, -0.2) is 24.5 Å². The molecule has 0 aromatic rings. The Morgan fingerprint density at radius 2 is 1.00 bits per heavy atom. The van der Waals surface area contributed by atoms with Crippen molar-refractivity contribution in [1.82, 2.24) is 4.90 Å². The summed E-state index contributed by atoms with van der Waals surface area (Å²) in [6.07, 6.45) is 12.4. The van der Waals surface area contributed by atoms with Crippen LogP contribution in [-0.2, 0) is 0 Å². The molecule has 0 heterocycles. The van der Waals surface area contributed by atoms with Crippen molar-refractivity contribution in [3.63, 3.8) is 0 Å². The van der Waals surface area contributed by atoms with Gasteiger partial charge in [0.2, 0.25) is 0 Å². The first-order chi connectivity index (χ1) is 9.26. The highest BCUT2D eigenvalue weighted by molar-refractivity contribution is 7.85. The molecule has 19 heavy (non-hydrogen) atoms. The fourth-order valence-corrected chi connectivity index (χ4v) is 2.09. The van der Waals surface area contributed by atoms with Crippen LogP contribution in [0.5, 0.6) is 0 Å². The molecule has 0 spiro atoms. The summed E-state index contributed by atoms with van der Waals surface area (Å²) in [6.45, 7) is 10.9. The molecular weight excluding hydrogens is 252 g/mol. The molecule has 0 aliphatic rings. The van der Waals surface area contributed by atoms with E-state index in [-0.39, 0.29) is 0 Å². The Bertz CT molecular complexity index is 166. The minimum absolute atomic E-state index is 1.33. The van der Waals surface area contributed by atoms with Gasteiger partial charge in [-0.1, -0.05) is 71.9 Å². The number of rotatable bonds is 12. The maximum atomic E-state index is 7.18. The number of hydrogen-bond acceptors (Lipinski definition) is 3. The normalized spacial score (nSPS) is 9.89. The lowest BCUT2D eigenvalue weighted by Gasteiger charge is -2.22. The third-order valence-electron chi connectivity index (χ3n) is 3.23. The molecule has 0 aromatic heterocycles. The molecule has 0 saturated heterocycles. The van der Waals surface area contributed by atoms with Crippen LogP contribution >= 0.6 is 12.6 Å². The molecule has 0 aliphatic carbocycles. The minimum atomic E-state index is 1.33. The van der Waals surface area contributed by atoms with E-state index in [1.54, 1.807) is 0 Å². The second-order valence-corrected chi connectivity index (χ2v) is 5.26. The fourth-order valence-electron chi connectivity index (χ4n) is 2.09. The summed E-state index contributed by atoms with van der Waals surface area (Å²) in [4.78, 5) is 2.70. The van der Waals surface area contributed by atoms with Crippen LogP contribution in [0.2, 0.25) is 0 Å². The van der Waals surface area contributed by atoms with Gasteiger partial charge in [0, 0.05) is 0 Å². The summed E-state index contributed by atoms with van der Waals surface area (Å²) in [5, 5.41) is 8.63. The summed E-state index contributed by atoms with van der Waals surface area (Å²) in [7, 11) is 0. The molecule has 0 N–H and O–H groups in total. The van der Waals surface area contributed by atoms with Gasteiger partial charge in [-0.05, 0) is 38.9 Å². The fraction of sp³-hybridized carbons (Fsp3) is 0.938. The van der Waals surface area contributed by atoms with Crippen molar-refractivity contribution in [2.75, 3.05) is 19.6 Å². The van der Waals surface area contributed by atoms with E-state index in [4.69, 9.17) is 5.26 Å². The number of nitrogens with zero attached hydrogens (tertiary/aromatic N) is 2. The number of thiocyanates is 1. The van der Waals surface area contributed by atoms with Crippen molar-refractivity contribution in [3.8, 4) is 5.40 Å². The average molecular weight is 287 g/mol. The van der Waals surface area contributed by atoms with Gasteiger partial charge in [0.15, 0.2) is 0 Å². The monoisotopic (exact) mass is 286 g/mol. The van der Waals surface area contributed by atoms with Gasteiger partial charge in [-0.25, -0.2) is 0 Å². The van der Waals surface area contributed by atoms with Gasteiger partial charge in [0.1, 0.15) is 5.40 Å². The lowest BCUT2D eigenvalue weighted by Crippen LogP contribution is -2.27. The lowest BCUT2D eigenvalue weighted by atomic mass is 10.2. The number of nitriles is 1. The SMILES string of the molecule is CCCCCN(CCCCC)CCCCC.N#CS. The summed E-state index contributed by atoms with van der Waals surface area (Å²) >= 11 is 3.09. The summed E-state index contributed by atoms with van der Waals surface area (Å²) in [5.74, 6) is 0. The van der Waals surface area contributed by atoms with E-state index in [0.29, 0.717) is 0 Å². The standard InChI is InChI=1S/C15H33N.CHNS/c1-4-7-10-13-16(14-11-8-5-2)15-12-9-6-3;2-1-3/h4-15H2,1-3H3;3H. The predicted molar refractivity (Wildman–Crippen MR) is 89.6 cm³/mol. The third kappa shape index (κ3) is 20.3. The number of thiol groups is 1. The molecule has 0 bridgehead atoms. The van der Waals surface area contributed by atoms with E-state index in [1.807, 2.05) is 0 Å². The molecule has 0 unspecified atom stereocenters. The maximum Gasteiger partial charge on any atom is 0.130 e. The predicted octanol–water partition coefficient (Wildman–Crippen LogP) is 5.26.